The number of hydrogen-bond acceptors (Lipinski definition) is 9. The van der Waals surface area contributed by atoms with E-state index in [0.29, 0.717) is 51.2 Å². The molecule has 0 aliphatic heterocycles. The second-order valence-corrected chi connectivity index (χ2v) is 11.6. The summed E-state index contributed by atoms with van der Waals surface area (Å²) in [5, 5.41) is 9.31. The van der Waals surface area contributed by atoms with Gasteiger partial charge < -0.3 is 25.4 Å². The van der Waals surface area contributed by atoms with Gasteiger partial charge >= 0.3 is 0 Å². The lowest BCUT2D eigenvalue weighted by atomic mass is 10.2. The third-order valence-electron chi connectivity index (χ3n) is 6.50. The molecule has 1 unspecified atom stereocenters. The Morgan fingerprint density at radius 3 is 2.20 bits per heavy atom. The zero-order valence-corrected chi connectivity index (χ0v) is 26.1. The van der Waals surface area contributed by atoms with Gasteiger partial charge in [-0.25, -0.2) is 14.2 Å². The largest absolute Gasteiger partial charge is 0.497 e. The number of hydrogen-bond donors (Lipinski definition) is 4. The fourth-order valence-corrected chi connectivity index (χ4v) is 5.86. The highest BCUT2D eigenvalue weighted by atomic mass is 32.2. The van der Waals surface area contributed by atoms with Gasteiger partial charge in [-0.3, -0.25) is 9.52 Å². The van der Waals surface area contributed by atoms with Crippen LogP contribution in [0.25, 0.3) is 11.0 Å². The van der Waals surface area contributed by atoms with Crippen molar-refractivity contribution in [2.75, 3.05) is 42.4 Å². The van der Waals surface area contributed by atoms with Gasteiger partial charge in [0.2, 0.25) is 5.91 Å². The fourth-order valence-electron chi connectivity index (χ4n) is 4.38. The maximum absolute atomic E-state index is 13.5. The number of carbonyl (C=O) groups is 1. The zero-order valence-electron chi connectivity index (χ0n) is 24.4. The van der Waals surface area contributed by atoms with Crippen LogP contribution in [0.15, 0.2) is 101 Å². The minimum atomic E-state index is -1.73. The number of rotatable bonds is 13. The molecule has 44 heavy (non-hydrogen) atoms. The van der Waals surface area contributed by atoms with Crippen LogP contribution in [0.5, 0.6) is 11.5 Å². The molecule has 0 saturated heterocycles. The number of aromatic nitrogens is 2. The van der Waals surface area contributed by atoms with Crippen molar-refractivity contribution in [3.05, 3.63) is 96.6 Å². The first-order valence-corrected chi connectivity index (χ1v) is 16.0. The molecule has 0 bridgehead atoms. The third kappa shape index (κ3) is 7.84. The molecular weight excluding hydrogens is 597 g/mol. The molecule has 0 spiro atoms. The average molecular weight is 629 g/mol. The van der Waals surface area contributed by atoms with Gasteiger partial charge in [-0.15, -0.1) is 11.8 Å². The second kappa shape index (κ2) is 14.7. The van der Waals surface area contributed by atoms with Crippen molar-refractivity contribution in [1.82, 2.24) is 15.3 Å². The van der Waals surface area contributed by atoms with Crippen molar-refractivity contribution < 1.29 is 18.5 Å². The molecule has 12 heteroatoms. The van der Waals surface area contributed by atoms with E-state index in [0.717, 1.165) is 5.56 Å². The molecule has 226 valence electrons. The summed E-state index contributed by atoms with van der Waals surface area (Å²) in [6.07, 6.45) is 2.03. The van der Waals surface area contributed by atoms with E-state index in [2.05, 4.69) is 26.7 Å². The molecule has 0 fully saturated rings. The lowest BCUT2D eigenvalue weighted by Gasteiger charge is -2.15. The van der Waals surface area contributed by atoms with Gasteiger partial charge in [0.25, 0.3) is 0 Å². The van der Waals surface area contributed by atoms with Crippen LogP contribution in [-0.4, -0.2) is 47.1 Å². The Balaban J connectivity index is 1.30. The minimum absolute atomic E-state index is 0.130. The standard InChI is InChI=1S/C32H32N6O4S2/c1-41-24-15-23(16-25(18-24)42-2)35-31-32(37-28-13-6-5-12-27(28)36-31)38-44(40)26-11-8-10-22(17-26)34-30(39)20-33-19-21-9-4-7-14-29(21)43-3/h4-18,33H,19-20H2,1-3H3,(H,34,39)(H,35,36)(H,37,38). The van der Waals surface area contributed by atoms with Crippen molar-refractivity contribution in [2.45, 2.75) is 16.3 Å². The van der Waals surface area contributed by atoms with E-state index in [1.54, 1.807) is 68.4 Å². The van der Waals surface area contributed by atoms with E-state index < -0.39 is 11.0 Å². The Labute approximate surface area is 262 Å². The molecule has 1 heterocycles. The van der Waals surface area contributed by atoms with E-state index in [4.69, 9.17) is 19.4 Å². The number of methoxy groups -OCH3 is 2. The number of nitrogens with one attached hydrogen (secondary N) is 4. The van der Waals surface area contributed by atoms with E-state index in [1.165, 1.54) is 4.90 Å². The predicted molar refractivity (Wildman–Crippen MR) is 177 cm³/mol. The highest BCUT2D eigenvalue weighted by molar-refractivity contribution is 7.98. The molecular formula is C32H32N6O4S2. The topological polar surface area (TPSA) is 127 Å². The lowest BCUT2D eigenvalue weighted by Crippen LogP contribution is -2.27. The van der Waals surface area contributed by atoms with E-state index in [-0.39, 0.29) is 18.3 Å². The Hall–Kier alpha value is -4.65. The predicted octanol–water partition coefficient (Wildman–Crippen LogP) is 5.98. The summed E-state index contributed by atoms with van der Waals surface area (Å²) < 4.78 is 27.3. The number of amides is 1. The van der Waals surface area contributed by atoms with Crippen molar-refractivity contribution >= 4 is 62.7 Å². The maximum atomic E-state index is 13.5. The van der Waals surface area contributed by atoms with Crippen LogP contribution in [-0.2, 0) is 22.3 Å². The summed E-state index contributed by atoms with van der Waals surface area (Å²) in [6.45, 7) is 0.704. The first-order valence-electron chi connectivity index (χ1n) is 13.6. The number of para-hydroxylation sites is 2. The van der Waals surface area contributed by atoms with Crippen LogP contribution in [0.4, 0.5) is 23.0 Å². The summed E-state index contributed by atoms with van der Waals surface area (Å²) in [6, 6.07) is 27.7. The minimum Gasteiger partial charge on any atom is -0.497 e. The fraction of sp³-hybridized carbons (Fsp3) is 0.156. The molecule has 0 aliphatic carbocycles. The van der Waals surface area contributed by atoms with Crippen molar-refractivity contribution in [3.63, 3.8) is 0 Å². The third-order valence-corrected chi connectivity index (χ3v) is 8.40. The molecule has 5 aromatic rings. The van der Waals surface area contributed by atoms with Crippen LogP contribution in [0, 0.1) is 0 Å². The van der Waals surface area contributed by atoms with Crippen LogP contribution in [0.3, 0.4) is 0 Å². The normalized spacial score (nSPS) is 11.5. The van der Waals surface area contributed by atoms with E-state index in [9.17, 15) is 9.00 Å². The summed E-state index contributed by atoms with van der Waals surface area (Å²) in [5.41, 5.74) is 3.61. The highest BCUT2D eigenvalue weighted by Gasteiger charge is 2.15. The van der Waals surface area contributed by atoms with Gasteiger partial charge in [0.05, 0.1) is 36.7 Å². The maximum Gasteiger partial charge on any atom is 0.238 e. The first-order chi connectivity index (χ1) is 21.4. The molecule has 5 rings (SSSR count). The SMILES string of the molecule is COc1cc(Nc2nc3ccccc3nc2NS(=O)c2cccc(NC(=O)CNCc3ccccc3SC)c2)cc(OC)c1. The Bertz CT molecular complexity index is 1780. The number of ether oxygens (including phenoxy) is 2. The Morgan fingerprint density at radius 1 is 0.818 bits per heavy atom. The molecule has 0 aliphatic rings. The quantitative estimate of drug-likeness (QED) is 0.117. The van der Waals surface area contributed by atoms with Crippen LogP contribution in [0.1, 0.15) is 5.56 Å². The lowest BCUT2D eigenvalue weighted by molar-refractivity contribution is -0.115. The molecule has 10 nitrogen and oxygen atoms in total. The van der Waals surface area contributed by atoms with Gasteiger partial charge in [0.15, 0.2) is 22.6 Å². The average Bonchev–Trinajstić information content (AvgIpc) is 3.05. The molecule has 0 radical (unpaired) electrons. The number of thioether (sulfide) groups is 1. The zero-order chi connectivity index (χ0) is 30.9. The molecule has 1 amide bonds. The summed E-state index contributed by atoms with van der Waals surface area (Å²) in [4.78, 5) is 23.7. The number of nitrogens with zero attached hydrogens (tertiary/aromatic N) is 2. The highest BCUT2D eigenvalue weighted by Crippen LogP contribution is 2.31. The van der Waals surface area contributed by atoms with Gasteiger partial charge in [-0.1, -0.05) is 36.4 Å². The summed E-state index contributed by atoms with van der Waals surface area (Å²) in [7, 11) is 1.42. The van der Waals surface area contributed by atoms with Crippen LogP contribution >= 0.6 is 11.8 Å². The summed E-state index contributed by atoms with van der Waals surface area (Å²) in [5.74, 6) is 1.64. The smallest absolute Gasteiger partial charge is 0.238 e. The van der Waals surface area contributed by atoms with Crippen molar-refractivity contribution in [3.8, 4) is 11.5 Å². The van der Waals surface area contributed by atoms with E-state index >= 15 is 0 Å². The van der Waals surface area contributed by atoms with Gasteiger partial charge in [0.1, 0.15) is 11.5 Å². The number of anilines is 4. The van der Waals surface area contributed by atoms with Crippen molar-refractivity contribution in [1.29, 1.82) is 0 Å². The van der Waals surface area contributed by atoms with Crippen LogP contribution < -0.4 is 30.1 Å². The molecule has 1 atom stereocenters. The van der Waals surface area contributed by atoms with Crippen LogP contribution in [0.2, 0.25) is 0 Å². The molecule has 1 aromatic heterocycles. The van der Waals surface area contributed by atoms with Gasteiger partial charge in [-0.05, 0) is 48.2 Å². The number of carbonyl (C=O) groups excluding carboxylic acids is 1. The van der Waals surface area contributed by atoms with Gasteiger partial charge in [0, 0.05) is 41.0 Å². The van der Waals surface area contributed by atoms with Crippen molar-refractivity contribution in [2.24, 2.45) is 0 Å². The number of fused-ring (bicyclic) bond motifs is 1. The molecule has 4 aromatic carbocycles. The Morgan fingerprint density at radius 2 is 1.50 bits per heavy atom. The molecule has 4 N–H and O–H groups in total. The van der Waals surface area contributed by atoms with Gasteiger partial charge in [-0.2, -0.15) is 0 Å². The second-order valence-electron chi connectivity index (χ2n) is 9.50. The number of benzene rings is 4. The summed E-state index contributed by atoms with van der Waals surface area (Å²) >= 11 is 1.67. The molecule has 0 saturated carbocycles. The van der Waals surface area contributed by atoms with E-state index in [1.807, 2.05) is 48.7 Å². The Kier molecular flexibility index (Phi) is 10.3. The monoisotopic (exact) mass is 628 g/mol. The first kappa shape index (κ1) is 30.8.